The summed E-state index contributed by atoms with van der Waals surface area (Å²) in [4.78, 5) is 27.9. The number of ether oxygens (including phenoxy) is 1. The molecule has 0 unspecified atom stereocenters. The Hall–Kier alpha value is -3.88. The Morgan fingerprint density at radius 3 is 2.65 bits per heavy atom. The van der Waals surface area contributed by atoms with E-state index in [9.17, 15) is 4.79 Å². The molecule has 7 nitrogen and oxygen atoms in total. The lowest BCUT2D eigenvalue weighted by Gasteiger charge is -2.26. The molecule has 0 radical (unpaired) electrons. The Bertz CT molecular complexity index is 1490. The molecule has 1 aliphatic rings. The summed E-state index contributed by atoms with van der Waals surface area (Å²) in [5.41, 5.74) is 8.08. The molecule has 0 spiro atoms. The van der Waals surface area contributed by atoms with Crippen molar-refractivity contribution in [2.45, 2.75) is 0 Å². The molecular formula is C26H21N5O2S. The molecular weight excluding hydrogens is 446 g/mol. The summed E-state index contributed by atoms with van der Waals surface area (Å²) in [6.45, 7) is 2.35. The van der Waals surface area contributed by atoms with E-state index in [0.29, 0.717) is 32.0 Å². The lowest BCUT2D eigenvalue weighted by atomic mass is 10.0. The second-order valence-corrected chi connectivity index (χ2v) is 8.97. The van der Waals surface area contributed by atoms with Gasteiger partial charge >= 0.3 is 0 Å². The number of anilines is 2. The van der Waals surface area contributed by atoms with Gasteiger partial charge in [-0.2, -0.15) is 0 Å². The fourth-order valence-electron chi connectivity index (χ4n) is 4.15. The van der Waals surface area contributed by atoms with Crippen LogP contribution in [0.5, 0.6) is 0 Å². The van der Waals surface area contributed by atoms with Crippen LogP contribution in [0, 0.1) is 0 Å². The van der Waals surface area contributed by atoms with Crippen molar-refractivity contribution in [1.29, 1.82) is 0 Å². The molecule has 0 atom stereocenters. The zero-order chi connectivity index (χ0) is 22.9. The number of carbonyl (C=O) groups excluding carboxylic acids is 1. The molecule has 6 rings (SSSR count). The van der Waals surface area contributed by atoms with Gasteiger partial charge in [0.15, 0.2) is 0 Å². The first-order valence-electron chi connectivity index (χ1n) is 11.1. The van der Waals surface area contributed by atoms with Crippen molar-refractivity contribution in [3.05, 3.63) is 78.2 Å². The lowest BCUT2D eigenvalue weighted by Crippen LogP contribution is -2.41. The van der Waals surface area contributed by atoms with Gasteiger partial charge in [0.1, 0.15) is 5.69 Å². The zero-order valence-corrected chi connectivity index (χ0v) is 19.1. The summed E-state index contributed by atoms with van der Waals surface area (Å²) in [5, 5.41) is 4.52. The number of fused-ring (bicyclic) bond motifs is 2. The maximum atomic E-state index is 12.7. The number of benzene rings is 2. The van der Waals surface area contributed by atoms with Crippen LogP contribution in [0.15, 0.2) is 72.5 Å². The molecule has 1 N–H and O–H groups in total. The molecule has 1 fully saturated rings. The van der Waals surface area contributed by atoms with Crippen LogP contribution in [0.1, 0.15) is 10.5 Å². The van der Waals surface area contributed by atoms with Crippen LogP contribution >= 0.6 is 11.3 Å². The summed E-state index contributed by atoms with van der Waals surface area (Å²) >= 11 is 1.63. The van der Waals surface area contributed by atoms with Gasteiger partial charge in [0.05, 0.1) is 34.5 Å². The third kappa shape index (κ3) is 3.98. The highest BCUT2D eigenvalue weighted by atomic mass is 32.1. The largest absolute Gasteiger partial charge is 0.378 e. The first-order valence-corrected chi connectivity index (χ1v) is 11.9. The van der Waals surface area contributed by atoms with E-state index in [1.807, 2.05) is 29.8 Å². The standard InChI is InChI=1S/C26H21N5O2S/c32-26(31-9-11-33-12-10-31)23-5-2-18(15-28-23)17-1-4-21-20(13-17)22(7-8-27-21)30-19-3-6-25-24(14-19)29-16-34-25/h1-8,13-16H,9-12H2,(H,27,30). The first kappa shape index (κ1) is 20.7. The average Bonchev–Trinajstić information content (AvgIpc) is 3.37. The fraction of sp³-hybridized carbons (Fsp3) is 0.154. The van der Waals surface area contributed by atoms with Crippen molar-refractivity contribution in [3.63, 3.8) is 0 Å². The number of pyridine rings is 2. The molecule has 8 heteroatoms. The van der Waals surface area contributed by atoms with Gasteiger partial charge in [0, 0.05) is 47.8 Å². The van der Waals surface area contributed by atoms with E-state index in [1.165, 1.54) is 0 Å². The molecule has 1 saturated heterocycles. The Morgan fingerprint density at radius 2 is 1.79 bits per heavy atom. The van der Waals surface area contributed by atoms with E-state index < -0.39 is 0 Å². The van der Waals surface area contributed by atoms with Gasteiger partial charge in [0.25, 0.3) is 5.91 Å². The van der Waals surface area contributed by atoms with E-state index in [2.05, 4.69) is 44.5 Å². The third-order valence-corrected chi connectivity index (χ3v) is 6.78. The van der Waals surface area contributed by atoms with E-state index in [-0.39, 0.29) is 5.91 Å². The molecule has 0 saturated carbocycles. The van der Waals surface area contributed by atoms with E-state index in [1.54, 1.807) is 34.7 Å². The highest BCUT2D eigenvalue weighted by molar-refractivity contribution is 7.16. The SMILES string of the molecule is O=C(c1ccc(-c2ccc3nccc(Nc4ccc5scnc5c4)c3c2)cn1)N1CCOCC1. The average molecular weight is 468 g/mol. The predicted octanol–water partition coefficient (Wildman–Crippen LogP) is 5.12. The third-order valence-electron chi connectivity index (χ3n) is 5.97. The van der Waals surface area contributed by atoms with Crippen molar-refractivity contribution in [2.24, 2.45) is 0 Å². The van der Waals surface area contributed by atoms with Crippen molar-refractivity contribution >= 4 is 49.7 Å². The van der Waals surface area contributed by atoms with Gasteiger partial charge in [-0.05, 0) is 48.0 Å². The van der Waals surface area contributed by atoms with Crippen molar-refractivity contribution in [1.82, 2.24) is 19.9 Å². The Labute approximate surface area is 200 Å². The molecule has 1 amide bonds. The summed E-state index contributed by atoms with van der Waals surface area (Å²) in [6, 6.07) is 18.0. The normalized spacial score (nSPS) is 13.9. The number of rotatable bonds is 4. The van der Waals surface area contributed by atoms with Crippen LogP contribution in [0.2, 0.25) is 0 Å². The quantitative estimate of drug-likeness (QED) is 0.395. The van der Waals surface area contributed by atoms with Crippen molar-refractivity contribution in [3.8, 4) is 11.1 Å². The Kier molecular flexibility index (Phi) is 5.37. The summed E-state index contributed by atoms with van der Waals surface area (Å²) in [7, 11) is 0. The van der Waals surface area contributed by atoms with Crippen LogP contribution in [0.25, 0.3) is 32.2 Å². The van der Waals surface area contributed by atoms with Gasteiger partial charge in [-0.15, -0.1) is 11.3 Å². The number of nitrogens with one attached hydrogen (secondary N) is 1. The zero-order valence-electron chi connectivity index (χ0n) is 18.3. The van der Waals surface area contributed by atoms with E-state index in [0.717, 1.165) is 43.6 Å². The molecule has 2 aromatic carbocycles. The molecule has 34 heavy (non-hydrogen) atoms. The summed E-state index contributed by atoms with van der Waals surface area (Å²) in [5.74, 6) is -0.0545. The van der Waals surface area contributed by atoms with Crippen molar-refractivity contribution in [2.75, 3.05) is 31.6 Å². The topological polar surface area (TPSA) is 80.2 Å². The minimum absolute atomic E-state index is 0.0545. The van der Waals surface area contributed by atoms with Gasteiger partial charge in [-0.25, -0.2) is 4.98 Å². The number of thiazole rings is 1. The molecule has 4 heterocycles. The number of carbonyl (C=O) groups is 1. The predicted molar refractivity (Wildman–Crippen MR) is 135 cm³/mol. The highest BCUT2D eigenvalue weighted by Crippen LogP contribution is 2.31. The second kappa shape index (κ2) is 8.81. The van der Waals surface area contributed by atoms with Gasteiger partial charge < -0.3 is 15.0 Å². The molecule has 0 bridgehead atoms. The maximum Gasteiger partial charge on any atom is 0.272 e. The van der Waals surface area contributed by atoms with Crippen LogP contribution in [-0.2, 0) is 4.74 Å². The molecule has 168 valence electrons. The van der Waals surface area contributed by atoms with Crippen molar-refractivity contribution < 1.29 is 9.53 Å². The van der Waals surface area contributed by atoms with Gasteiger partial charge in [-0.3, -0.25) is 14.8 Å². The fourth-order valence-corrected chi connectivity index (χ4v) is 4.80. The molecule has 5 aromatic rings. The van der Waals surface area contributed by atoms with Crippen LogP contribution in [0.3, 0.4) is 0 Å². The molecule has 0 aliphatic carbocycles. The van der Waals surface area contributed by atoms with Gasteiger partial charge in [-0.1, -0.05) is 12.1 Å². The Morgan fingerprint density at radius 1 is 0.912 bits per heavy atom. The second-order valence-electron chi connectivity index (χ2n) is 8.09. The minimum atomic E-state index is -0.0545. The minimum Gasteiger partial charge on any atom is -0.378 e. The molecule has 1 aliphatic heterocycles. The highest BCUT2D eigenvalue weighted by Gasteiger charge is 2.19. The number of hydrogen-bond donors (Lipinski definition) is 1. The Balaban J connectivity index is 1.29. The number of hydrogen-bond acceptors (Lipinski definition) is 7. The van der Waals surface area contributed by atoms with Crippen LogP contribution < -0.4 is 5.32 Å². The maximum absolute atomic E-state index is 12.7. The van der Waals surface area contributed by atoms with Crippen LogP contribution in [-0.4, -0.2) is 52.1 Å². The lowest BCUT2D eigenvalue weighted by molar-refractivity contribution is 0.0299. The van der Waals surface area contributed by atoms with E-state index >= 15 is 0 Å². The first-order chi connectivity index (χ1) is 16.7. The monoisotopic (exact) mass is 467 g/mol. The molecule has 3 aromatic heterocycles. The smallest absolute Gasteiger partial charge is 0.272 e. The number of nitrogens with zero attached hydrogens (tertiary/aromatic N) is 4. The number of amides is 1. The number of morpholine rings is 1. The van der Waals surface area contributed by atoms with E-state index in [4.69, 9.17) is 4.74 Å². The summed E-state index contributed by atoms with van der Waals surface area (Å²) in [6.07, 6.45) is 3.56. The van der Waals surface area contributed by atoms with Gasteiger partial charge in [0.2, 0.25) is 0 Å². The number of aromatic nitrogens is 3. The summed E-state index contributed by atoms with van der Waals surface area (Å²) < 4.78 is 6.50. The van der Waals surface area contributed by atoms with Crippen LogP contribution in [0.4, 0.5) is 11.4 Å².